The zero-order valence-corrected chi connectivity index (χ0v) is 23.0. The van der Waals surface area contributed by atoms with E-state index in [0.717, 1.165) is 28.1 Å². The Kier molecular flexibility index (Phi) is 9.17. The number of rotatable bonds is 10. The number of carbonyl (C=O) groups excluding carboxylic acids is 1. The summed E-state index contributed by atoms with van der Waals surface area (Å²) in [6.45, 7) is 1.80. The van der Waals surface area contributed by atoms with Gasteiger partial charge in [-0.3, -0.25) is 9.10 Å². The number of benzene rings is 4. The molecule has 5 nitrogen and oxygen atoms in total. The Bertz CT molecular complexity index is 1600. The van der Waals surface area contributed by atoms with E-state index in [1.807, 2.05) is 0 Å². The molecule has 0 saturated heterocycles. The number of hydrogen-bond acceptors (Lipinski definition) is 3. The number of sulfonamides is 1. The molecule has 40 heavy (non-hydrogen) atoms. The van der Waals surface area contributed by atoms with Crippen molar-refractivity contribution in [1.29, 1.82) is 0 Å². The first kappa shape index (κ1) is 29.2. The molecule has 0 aliphatic carbocycles. The molecule has 0 bridgehead atoms. The Hall–Kier alpha value is -3.82. The van der Waals surface area contributed by atoms with E-state index in [0.29, 0.717) is 16.1 Å². The summed E-state index contributed by atoms with van der Waals surface area (Å²) in [5.74, 6) is -2.34. The van der Waals surface area contributed by atoms with Crippen LogP contribution in [0, 0.1) is 17.5 Å². The molecular weight excluding hydrogens is 561 g/mol. The number of halogens is 4. The Morgan fingerprint density at radius 2 is 1.55 bits per heavy atom. The smallest absolute Gasteiger partial charge is 0.264 e. The van der Waals surface area contributed by atoms with Gasteiger partial charge in [0.2, 0.25) is 5.91 Å². The topological polar surface area (TPSA) is 66.5 Å². The van der Waals surface area contributed by atoms with Crippen molar-refractivity contribution in [2.75, 3.05) is 4.31 Å². The Morgan fingerprint density at radius 3 is 2.25 bits per heavy atom. The van der Waals surface area contributed by atoms with E-state index >= 15 is 4.39 Å². The van der Waals surface area contributed by atoms with Gasteiger partial charge in [-0.2, -0.15) is 0 Å². The summed E-state index contributed by atoms with van der Waals surface area (Å²) in [5.41, 5.74) is 1.48. The Balaban J connectivity index is 1.63. The van der Waals surface area contributed by atoms with Crippen LogP contribution in [0.4, 0.5) is 18.9 Å². The number of nitrogens with zero attached hydrogens (tertiary/aromatic N) is 1. The van der Waals surface area contributed by atoms with Gasteiger partial charge in [0, 0.05) is 24.1 Å². The second-order valence-electron chi connectivity index (χ2n) is 9.13. The van der Waals surface area contributed by atoms with Gasteiger partial charge in [0.05, 0.1) is 16.6 Å². The molecule has 4 aromatic rings. The first-order valence-electron chi connectivity index (χ1n) is 12.4. The van der Waals surface area contributed by atoms with Crippen LogP contribution in [0.15, 0.2) is 95.9 Å². The first-order chi connectivity index (χ1) is 19.1. The highest BCUT2D eigenvalue weighted by molar-refractivity contribution is 7.92. The van der Waals surface area contributed by atoms with Gasteiger partial charge < -0.3 is 5.32 Å². The lowest BCUT2D eigenvalue weighted by Crippen LogP contribution is -2.35. The number of hydrogen-bond donors (Lipinski definition) is 1. The van der Waals surface area contributed by atoms with Gasteiger partial charge >= 0.3 is 0 Å². The average molecular weight is 587 g/mol. The van der Waals surface area contributed by atoms with Crippen LogP contribution in [0.1, 0.15) is 36.1 Å². The minimum Gasteiger partial charge on any atom is -0.352 e. The minimum atomic E-state index is -4.39. The molecule has 4 aromatic carbocycles. The van der Waals surface area contributed by atoms with Crippen LogP contribution in [-0.2, 0) is 27.8 Å². The third kappa shape index (κ3) is 6.84. The number of anilines is 1. The second-order valence-corrected chi connectivity index (χ2v) is 11.4. The van der Waals surface area contributed by atoms with Crippen molar-refractivity contribution in [3.63, 3.8) is 0 Å². The molecule has 0 fully saturated rings. The van der Waals surface area contributed by atoms with E-state index in [1.54, 1.807) is 43.3 Å². The van der Waals surface area contributed by atoms with Crippen LogP contribution in [0.3, 0.4) is 0 Å². The monoisotopic (exact) mass is 586 g/mol. The lowest BCUT2D eigenvalue weighted by Gasteiger charge is -2.32. The molecule has 0 spiro atoms. The first-order valence-corrected chi connectivity index (χ1v) is 14.2. The highest BCUT2D eigenvalue weighted by Crippen LogP contribution is 2.37. The zero-order chi connectivity index (χ0) is 28.9. The molecule has 0 saturated carbocycles. The quantitative estimate of drug-likeness (QED) is 0.218. The number of nitrogens with one attached hydrogen (secondary N) is 1. The predicted octanol–water partition coefficient (Wildman–Crippen LogP) is 6.96. The van der Waals surface area contributed by atoms with Crippen molar-refractivity contribution in [3.05, 3.63) is 130 Å². The molecule has 0 aromatic heterocycles. The molecule has 0 heterocycles. The molecule has 208 valence electrons. The molecule has 0 unspecified atom stereocenters. The third-order valence-corrected chi connectivity index (χ3v) is 8.55. The van der Waals surface area contributed by atoms with Crippen molar-refractivity contribution < 1.29 is 26.4 Å². The van der Waals surface area contributed by atoms with Gasteiger partial charge in [-0.25, -0.2) is 21.6 Å². The SMILES string of the molecule is C[C@H](c1ccccc1CCC(=O)NCc1ccc(F)cc1)N(c1cc(F)ccc1F)S(=O)(=O)c1ccc(Cl)cc1. The number of carbonyl (C=O) groups is 1. The lowest BCUT2D eigenvalue weighted by atomic mass is 9.97. The summed E-state index contributed by atoms with van der Waals surface area (Å²) in [6.07, 6.45) is 0.347. The highest BCUT2D eigenvalue weighted by atomic mass is 35.5. The molecule has 1 atom stereocenters. The van der Waals surface area contributed by atoms with Gasteiger partial charge in [0.15, 0.2) is 0 Å². The fourth-order valence-corrected chi connectivity index (χ4v) is 6.12. The van der Waals surface area contributed by atoms with E-state index in [2.05, 4.69) is 5.32 Å². The molecule has 4 rings (SSSR count). The summed E-state index contributed by atoms with van der Waals surface area (Å²) < 4.78 is 71.0. The van der Waals surface area contributed by atoms with Crippen LogP contribution < -0.4 is 9.62 Å². The van der Waals surface area contributed by atoms with Crippen LogP contribution in [-0.4, -0.2) is 14.3 Å². The highest BCUT2D eigenvalue weighted by Gasteiger charge is 2.33. The van der Waals surface area contributed by atoms with Gasteiger partial charge in [0.25, 0.3) is 10.0 Å². The van der Waals surface area contributed by atoms with E-state index in [1.165, 1.54) is 36.4 Å². The second kappa shape index (κ2) is 12.6. The maximum atomic E-state index is 15.0. The molecule has 1 N–H and O–H groups in total. The molecule has 10 heteroatoms. The molecule has 0 radical (unpaired) electrons. The van der Waals surface area contributed by atoms with Gasteiger partial charge in [-0.15, -0.1) is 0 Å². The zero-order valence-electron chi connectivity index (χ0n) is 21.5. The van der Waals surface area contributed by atoms with Crippen molar-refractivity contribution >= 4 is 33.2 Å². The fraction of sp³-hybridized carbons (Fsp3) is 0.167. The largest absolute Gasteiger partial charge is 0.352 e. The lowest BCUT2D eigenvalue weighted by molar-refractivity contribution is -0.121. The summed E-state index contributed by atoms with van der Waals surface area (Å²) in [5, 5.41) is 3.10. The van der Waals surface area contributed by atoms with Crippen LogP contribution in [0.5, 0.6) is 0 Å². The summed E-state index contributed by atoms with van der Waals surface area (Å²) >= 11 is 5.94. The van der Waals surface area contributed by atoms with Crippen molar-refractivity contribution in [1.82, 2.24) is 5.32 Å². The Labute approximate surface area is 236 Å². The summed E-state index contributed by atoms with van der Waals surface area (Å²) in [4.78, 5) is 12.4. The summed E-state index contributed by atoms with van der Waals surface area (Å²) in [6, 6.07) is 19.7. The minimum absolute atomic E-state index is 0.0865. The normalized spacial score (nSPS) is 12.1. The van der Waals surface area contributed by atoms with Crippen molar-refractivity contribution in [3.8, 4) is 0 Å². The number of aryl methyl sites for hydroxylation is 1. The van der Waals surface area contributed by atoms with E-state index in [4.69, 9.17) is 11.6 Å². The van der Waals surface area contributed by atoms with Crippen molar-refractivity contribution in [2.45, 2.75) is 37.2 Å². The van der Waals surface area contributed by atoms with Gasteiger partial charge in [-0.05, 0) is 78.6 Å². The van der Waals surface area contributed by atoms with Crippen molar-refractivity contribution in [2.24, 2.45) is 0 Å². The maximum absolute atomic E-state index is 15.0. The summed E-state index contributed by atoms with van der Waals surface area (Å²) in [7, 11) is -4.39. The maximum Gasteiger partial charge on any atom is 0.264 e. The standard InChI is InChI=1S/C30H26ClF3N2O3S/c1-20(27-5-3-2-4-22(27)8-17-30(37)35-19-21-6-11-24(32)12-7-21)36(29-18-25(33)13-16-28(29)34)40(38,39)26-14-9-23(31)10-15-26/h2-7,9-16,18,20H,8,17,19H2,1H3,(H,35,37)/t20-/m1/s1. The van der Waals surface area contributed by atoms with Gasteiger partial charge in [0.1, 0.15) is 17.5 Å². The molecule has 1 amide bonds. The molecule has 0 aliphatic heterocycles. The number of amides is 1. The van der Waals surface area contributed by atoms with Crippen LogP contribution >= 0.6 is 11.6 Å². The van der Waals surface area contributed by atoms with E-state index < -0.39 is 33.4 Å². The Morgan fingerprint density at radius 1 is 0.900 bits per heavy atom. The third-order valence-electron chi connectivity index (χ3n) is 6.40. The predicted molar refractivity (Wildman–Crippen MR) is 149 cm³/mol. The van der Waals surface area contributed by atoms with E-state index in [-0.39, 0.29) is 36.0 Å². The average Bonchev–Trinajstić information content (AvgIpc) is 2.94. The molecular formula is C30H26ClF3N2O3S. The van der Waals surface area contributed by atoms with Gasteiger partial charge in [-0.1, -0.05) is 48.0 Å². The molecule has 0 aliphatic rings. The van der Waals surface area contributed by atoms with E-state index in [9.17, 15) is 22.0 Å². The van der Waals surface area contributed by atoms with Crippen LogP contribution in [0.2, 0.25) is 5.02 Å². The fourth-order valence-electron chi connectivity index (χ4n) is 4.36. The van der Waals surface area contributed by atoms with Crippen LogP contribution in [0.25, 0.3) is 0 Å².